The molecule has 20 heavy (non-hydrogen) atoms. The molecule has 3 nitrogen and oxygen atoms in total. The van der Waals surface area contributed by atoms with Gasteiger partial charge in [-0.3, -0.25) is 4.79 Å². The Morgan fingerprint density at radius 2 is 1.95 bits per heavy atom. The molecule has 1 heterocycles. The predicted octanol–water partition coefficient (Wildman–Crippen LogP) is 3.33. The lowest BCUT2D eigenvalue weighted by atomic mass is 9.97. The molecule has 0 unspecified atom stereocenters. The van der Waals surface area contributed by atoms with Crippen molar-refractivity contribution in [1.82, 2.24) is 10.3 Å². The molecular weight excluding hydrogens is 248 g/mol. The third kappa shape index (κ3) is 2.21. The van der Waals surface area contributed by atoms with Crippen LogP contribution >= 0.6 is 0 Å². The van der Waals surface area contributed by atoms with Gasteiger partial charge >= 0.3 is 0 Å². The number of carbonyl (C=O) groups is 1. The molecule has 2 saturated carbocycles. The zero-order chi connectivity index (χ0) is 13.5. The molecule has 4 rings (SSSR count). The molecule has 0 spiro atoms. The summed E-state index contributed by atoms with van der Waals surface area (Å²) in [6.07, 6.45) is 7.35. The molecule has 1 amide bonds. The summed E-state index contributed by atoms with van der Waals surface area (Å²) < 4.78 is 0. The Labute approximate surface area is 118 Å². The summed E-state index contributed by atoms with van der Waals surface area (Å²) in [7, 11) is 0. The SMILES string of the molecule is O=C(NCC(C1CC1)C1CC1)c1cccc2[nH]ccc12. The third-order valence-corrected chi connectivity index (χ3v) is 4.79. The van der Waals surface area contributed by atoms with Crippen LogP contribution in [0.3, 0.4) is 0 Å². The molecule has 3 heteroatoms. The molecule has 2 aliphatic rings. The molecule has 2 aromatic rings. The summed E-state index contributed by atoms with van der Waals surface area (Å²) in [5.74, 6) is 2.56. The van der Waals surface area contributed by atoms with Gasteiger partial charge in [0.25, 0.3) is 5.91 Å². The van der Waals surface area contributed by atoms with Crippen LogP contribution in [0, 0.1) is 17.8 Å². The van der Waals surface area contributed by atoms with Gasteiger partial charge in [-0.2, -0.15) is 0 Å². The summed E-state index contributed by atoms with van der Waals surface area (Å²) in [4.78, 5) is 15.6. The summed E-state index contributed by atoms with van der Waals surface area (Å²) in [6.45, 7) is 0.856. The maximum absolute atomic E-state index is 12.4. The van der Waals surface area contributed by atoms with E-state index >= 15 is 0 Å². The maximum Gasteiger partial charge on any atom is 0.251 e. The van der Waals surface area contributed by atoms with Crippen molar-refractivity contribution in [2.45, 2.75) is 25.7 Å². The van der Waals surface area contributed by atoms with Gasteiger partial charge in [0, 0.05) is 29.2 Å². The van der Waals surface area contributed by atoms with Gasteiger partial charge in [0.2, 0.25) is 0 Å². The van der Waals surface area contributed by atoms with Crippen molar-refractivity contribution in [2.75, 3.05) is 6.54 Å². The van der Waals surface area contributed by atoms with Crippen molar-refractivity contribution < 1.29 is 4.79 Å². The fourth-order valence-electron chi connectivity index (χ4n) is 3.36. The van der Waals surface area contributed by atoms with Crippen molar-refractivity contribution in [2.24, 2.45) is 17.8 Å². The van der Waals surface area contributed by atoms with Crippen LogP contribution in [0.2, 0.25) is 0 Å². The predicted molar refractivity (Wildman–Crippen MR) is 79.6 cm³/mol. The van der Waals surface area contributed by atoms with E-state index in [0.29, 0.717) is 0 Å². The molecule has 2 aliphatic carbocycles. The summed E-state index contributed by atoms with van der Waals surface area (Å²) in [6, 6.07) is 7.83. The third-order valence-electron chi connectivity index (χ3n) is 4.79. The van der Waals surface area contributed by atoms with Gasteiger partial charge in [0.15, 0.2) is 0 Å². The normalized spacial score (nSPS) is 18.6. The molecule has 0 saturated heterocycles. The number of nitrogens with one attached hydrogen (secondary N) is 2. The van der Waals surface area contributed by atoms with Crippen LogP contribution in [-0.4, -0.2) is 17.4 Å². The first-order valence-electron chi connectivity index (χ1n) is 7.67. The van der Waals surface area contributed by atoms with Crippen molar-refractivity contribution in [3.63, 3.8) is 0 Å². The average molecular weight is 268 g/mol. The monoisotopic (exact) mass is 268 g/mol. The van der Waals surface area contributed by atoms with Crippen LogP contribution in [-0.2, 0) is 0 Å². The van der Waals surface area contributed by atoms with Gasteiger partial charge in [0.1, 0.15) is 0 Å². The maximum atomic E-state index is 12.4. The minimum absolute atomic E-state index is 0.0708. The van der Waals surface area contributed by atoms with E-state index in [1.807, 2.05) is 30.5 Å². The van der Waals surface area contributed by atoms with E-state index in [4.69, 9.17) is 0 Å². The Hall–Kier alpha value is -1.77. The van der Waals surface area contributed by atoms with Crippen LogP contribution in [0.15, 0.2) is 30.5 Å². The second-order valence-electron chi connectivity index (χ2n) is 6.29. The van der Waals surface area contributed by atoms with Crippen LogP contribution in [0.5, 0.6) is 0 Å². The number of benzene rings is 1. The lowest BCUT2D eigenvalue weighted by Gasteiger charge is -2.16. The molecule has 2 fully saturated rings. The number of fused-ring (bicyclic) bond motifs is 1. The van der Waals surface area contributed by atoms with Gasteiger partial charge in [0.05, 0.1) is 0 Å². The van der Waals surface area contributed by atoms with E-state index < -0.39 is 0 Å². The Morgan fingerprint density at radius 3 is 2.65 bits per heavy atom. The minimum atomic E-state index is 0.0708. The number of aromatic nitrogens is 1. The first kappa shape index (κ1) is 12.0. The number of H-pyrrole nitrogens is 1. The highest BCUT2D eigenvalue weighted by Gasteiger charge is 2.41. The van der Waals surface area contributed by atoms with Crippen molar-refractivity contribution in [3.8, 4) is 0 Å². The smallest absolute Gasteiger partial charge is 0.251 e. The standard InChI is InChI=1S/C17H20N2O/c20-17(14-2-1-3-16-13(14)8-9-18-16)19-10-15(11-4-5-11)12-6-7-12/h1-3,8-9,11-12,15,18H,4-7,10H2,(H,19,20). The van der Waals surface area contributed by atoms with Crippen molar-refractivity contribution in [1.29, 1.82) is 0 Å². The first-order valence-corrected chi connectivity index (χ1v) is 7.67. The highest BCUT2D eigenvalue weighted by atomic mass is 16.1. The van der Waals surface area contributed by atoms with E-state index in [1.165, 1.54) is 25.7 Å². The first-order chi connectivity index (χ1) is 9.83. The minimum Gasteiger partial charge on any atom is -0.361 e. The Morgan fingerprint density at radius 1 is 1.20 bits per heavy atom. The fraction of sp³-hybridized carbons (Fsp3) is 0.471. The lowest BCUT2D eigenvalue weighted by molar-refractivity contribution is 0.0945. The molecule has 0 aliphatic heterocycles. The highest BCUT2D eigenvalue weighted by Crippen LogP contribution is 2.48. The molecular formula is C17H20N2O. The lowest BCUT2D eigenvalue weighted by Crippen LogP contribution is -2.31. The van der Waals surface area contributed by atoms with E-state index in [2.05, 4.69) is 10.3 Å². The number of hydrogen-bond acceptors (Lipinski definition) is 1. The molecule has 0 radical (unpaired) electrons. The van der Waals surface area contributed by atoms with Crippen molar-refractivity contribution in [3.05, 3.63) is 36.0 Å². The van der Waals surface area contributed by atoms with Gasteiger partial charge in [-0.25, -0.2) is 0 Å². The van der Waals surface area contributed by atoms with Crippen molar-refractivity contribution >= 4 is 16.8 Å². The van der Waals surface area contributed by atoms with Crippen LogP contribution in [0.1, 0.15) is 36.0 Å². The molecule has 2 N–H and O–H groups in total. The highest BCUT2D eigenvalue weighted by molar-refractivity contribution is 6.06. The topological polar surface area (TPSA) is 44.9 Å². The number of aromatic amines is 1. The van der Waals surface area contributed by atoms with Gasteiger partial charge in [-0.1, -0.05) is 6.07 Å². The van der Waals surface area contributed by atoms with E-state index in [1.54, 1.807) is 0 Å². The van der Waals surface area contributed by atoms with Crippen LogP contribution in [0.25, 0.3) is 10.9 Å². The second kappa shape index (κ2) is 4.65. The molecule has 1 aromatic heterocycles. The number of amides is 1. The Bertz CT molecular complexity index is 625. The quantitative estimate of drug-likeness (QED) is 0.858. The second-order valence-corrected chi connectivity index (χ2v) is 6.29. The van der Waals surface area contributed by atoms with Gasteiger partial charge < -0.3 is 10.3 Å². The summed E-state index contributed by atoms with van der Waals surface area (Å²) >= 11 is 0. The average Bonchev–Trinajstić information content (AvgIpc) is 3.38. The Kier molecular flexibility index (Phi) is 2.79. The summed E-state index contributed by atoms with van der Waals surface area (Å²) in [5.41, 5.74) is 1.81. The van der Waals surface area contributed by atoms with Crippen LogP contribution < -0.4 is 5.32 Å². The number of carbonyl (C=O) groups excluding carboxylic acids is 1. The Balaban J connectivity index is 1.48. The summed E-state index contributed by atoms with van der Waals surface area (Å²) in [5, 5.41) is 4.18. The van der Waals surface area contributed by atoms with E-state index in [-0.39, 0.29) is 5.91 Å². The molecule has 104 valence electrons. The zero-order valence-electron chi connectivity index (χ0n) is 11.6. The van der Waals surface area contributed by atoms with Crippen LogP contribution in [0.4, 0.5) is 0 Å². The molecule has 0 atom stereocenters. The van der Waals surface area contributed by atoms with E-state index in [9.17, 15) is 4.79 Å². The van der Waals surface area contributed by atoms with E-state index in [0.717, 1.165) is 40.8 Å². The fourth-order valence-corrected chi connectivity index (χ4v) is 3.36. The molecule has 0 bridgehead atoms. The largest absolute Gasteiger partial charge is 0.361 e. The van der Waals surface area contributed by atoms with Gasteiger partial charge in [-0.15, -0.1) is 0 Å². The molecule has 1 aromatic carbocycles. The number of hydrogen-bond donors (Lipinski definition) is 2. The van der Waals surface area contributed by atoms with Gasteiger partial charge in [-0.05, 0) is 61.6 Å². The number of rotatable bonds is 5. The zero-order valence-corrected chi connectivity index (χ0v) is 11.6.